The van der Waals surface area contributed by atoms with Gasteiger partial charge in [0, 0.05) is 12.1 Å². The van der Waals surface area contributed by atoms with Crippen LogP contribution in [-0.4, -0.2) is 24.4 Å². The molecule has 0 spiro atoms. The zero-order chi connectivity index (χ0) is 13.9. The predicted molar refractivity (Wildman–Crippen MR) is 51.1 cm³/mol. The van der Waals surface area contributed by atoms with Crippen molar-refractivity contribution in [2.24, 2.45) is 0 Å². The van der Waals surface area contributed by atoms with Gasteiger partial charge >= 0.3 is 12.3 Å². The molecular formula is C9H6F3NO5. The van der Waals surface area contributed by atoms with Crippen LogP contribution in [0.25, 0.3) is 0 Å². The maximum Gasteiger partial charge on any atom is 0.573 e. The number of carbonyl (C=O) groups is 1. The molecule has 1 rings (SSSR count). The summed E-state index contributed by atoms with van der Waals surface area (Å²) in [7, 11) is 0.929. The number of carbonyl (C=O) groups excluding carboxylic acids is 1. The predicted octanol–water partition coefficient (Wildman–Crippen LogP) is 2.28. The highest BCUT2D eigenvalue weighted by Gasteiger charge is 2.33. The van der Waals surface area contributed by atoms with E-state index in [-0.39, 0.29) is 0 Å². The number of esters is 1. The molecule has 9 heteroatoms. The Bertz CT molecular complexity index is 486. The monoisotopic (exact) mass is 265 g/mol. The van der Waals surface area contributed by atoms with Crippen LogP contribution in [0, 0.1) is 10.1 Å². The molecule has 0 radical (unpaired) electrons. The number of nitrogens with zero attached hydrogens (tertiary/aromatic N) is 1. The summed E-state index contributed by atoms with van der Waals surface area (Å²) in [4.78, 5) is 20.8. The fourth-order valence-corrected chi connectivity index (χ4v) is 1.11. The lowest BCUT2D eigenvalue weighted by molar-refractivity contribution is -0.385. The molecule has 0 aromatic heterocycles. The number of hydrogen-bond acceptors (Lipinski definition) is 5. The average molecular weight is 265 g/mol. The van der Waals surface area contributed by atoms with Gasteiger partial charge in [-0.25, -0.2) is 4.79 Å². The molecule has 0 saturated carbocycles. The van der Waals surface area contributed by atoms with Crippen LogP contribution in [0.4, 0.5) is 18.9 Å². The van der Waals surface area contributed by atoms with E-state index >= 15 is 0 Å². The lowest BCUT2D eigenvalue weighted by Crippen LogP contribution is -2.19. The Morgan fingerprint density at radius 2 is 2.00 bits per heavy atom. The summed E-state index contributed by atoms with van der Waals surface area (Å²) in [5.41, 5.74) is -1.23. The van der Waals surface area contributed by atoms with Crippen molar-refractivity contribution in [1.82, 2.24) is 0 Å². The fourth-order valence-electron chi connectivity index (χ4n) is 1.11. The minimum Gasteiger partial charge on any atom is -0.465 e. The molecule has 0 atom stereocenters. The van der Waals surface area contributed by atoms with E-state index in [2.05, 4.69) is 9.47 Å². The van der Waals surface area contributed by atoms with E-state index in [1.807, 2.05) is 0 Å². The molecule has 0 aliphatic heterocycles. The molecule has 6 nitrogen and oxygen atoms in total. The van der Waals surface area contributed by atoms with Crippen LogP contribution in [-0.2, 0) is 4.74 Å². The Morgan fingerprint density at radius 1 is 1.39 bits per heavy atom. The zero-order valence-electron chi connectivity index (χ0n) is 8.85. The number of benzene rings is 1. The molecule has 98 valence electrons. The molecule has 1 aromatic carbocycles. The van der Waals surface area contributed by atoms with E-state index in [9.17, 15) is 28.1 Å². The maximum atomic E-state index is 12.0. The SMILES string of the molecule is COC(=O)c1cc([N+](=O)[O-])ccc1OC(F)(F)F. The lowest BCUT2D eigenvalue weighted by atomic mass is 10.2. The zero-order valence-corrected chi connectivity index (χ0v) is 8.85. The standard InChI is InChI=1S/C9H6F3NO5/c1-17-8(14)6-4-5(13(15)16)2-3-7(6)18-9(10,11)12/h2-4H,1H3. The summed E-state index contributed by atoms with van der Waals surface area (Å²) >= 11 is 0. The largest absolute Gasteiger partial charge is 0.573 e. The average Bonchev–Trinajstić information content (AvgIpc) is 2.26. The summed E-state index contributed by atoms with van der Waals surface area (Å²) in [6, 6.07) is 2.11. The number of nitro benzene ring substituents is 1. The van der Waals surface area contributed by atoms with E-state index in [1.165, 1.54) is 0 Å². The van der Waals surface area contributed by atoms with Crippen LogP contribution in [0.5, 0.6) is 5.75 Å². The van der Waals surface area contributed by atoms with Crippen molar-refractivity contribution in [2.75, 3.05) is 7.11 Å². The highest BCUT2D eigenvalue weighted by atomic mass is 19.4. The summed E-state index contributed by atoms with van der Waals surface area (Å²) in [6.45, 7) is 0. The Balaban J connectivity index is 3.25. The van der Waals surface area contributed by atoms with Crippen LogP contribution in [0.2, 0.25) is 0 Å². The summed E-state index contributed by atoms with van der Waals surface area (Å²) < 4.78 is 43.9. The van der Waals surface area contributed by atoms with Crippen molar-refractivity contribution in [3.05, 3.63) is 33.9 Å². The molecule has 0 amide bonds. The second-order valence-electron chi connectivity index (χ2n) is 2.98. The molecule has 0 unspecified atom stereocenters. The molecule has 18 heavy (non-hydrogen) atoms. The quantitative estimate of drug-likeness (QED) is 0.476. The molecule has 0 aliphatic carbocycles. The van der Waals surface area contributed by atoms with E-state index in [0.717, 1.165) is 13.2 Å². The molecular weight excluding hydrogens is 259 g/mol. The van der Waals surface area contributed by atoms with Crippen LogP contribution >= 0.6 is 0 Å². The van der Waals surface area contributed by atoms with Gasteiger partial charge in [-0.3, -0.25) is 10.1 Å². The third kappa shape index (κ3) is 3.34. The third-order valence-corrected chi connectivity index (χ3v) is 1.80. The number of nitro groups is 1. The molecule has 0 bridgehead atoms. The number of hydrogen-bond donors (Lipinski definition) is 0. The molecule has 0 heterocycles. The molecule has 0 N–H and O–H groups in total. The number of halogens is 3. The smallest absolute Gasteiger partial charge is 0.465 e. The van der Waals surface area contributed by atoms with Crippen LogP contribution < -0.4 is 4.74 Å². The van der Waals surface area contributed by atoms with Crippen LogP contribution in [0.1, 0.15) is 10.4 Å². The van der Waals surface area contributed by atoms with Crippen LogP contribution in [0.3, 0.4) is 0 Å². The first-order valence-corrected chi connectivity index (χ1v) is 4.37. The number of methoxy groups -OCH3 is 1. The number of rotatable bonds is 3. The molecule has 1 aromatic rings. The normalized spacial score (nSPS) is 10.9. The van der Waals surface area contributed by atoms with Gasteiger partial charge in [0.1, 0.15) is 11.3 Å². The van der Waals surface area contributed by atoms with E-state index < -0.39 is 34.3 Å². The highest BCUT2D eigenvalue weighted by molar-refractivity contribution is 5.93. The van der Waals surface area contributed by atoms with Crippen molar-refractivity contribution < 1.29 is 32.4 Å². The van der Waals surface area contributed by atoms with Gasteiger partial charge in [0.15, 0.2) is 0 Å². The number of non-ortho nitro benzene ring substituents is 1. The van der Waals surface area contributed by atoms with E-state index in [0.29, 0.717) is 12.1 Å². The van der Waals surface area contributed by atoms with Crippen molar-refractivity contribution in [3.63, 3.8) is 0 Å². The fraction of sp³-hybridized carbons (Fsp3) is 0.222. The second-order valence-corrected chi connectivity index (χ2v) is 2.98. The van der Waals surface area contributed by atoms with Gasteiger partial charge in [0.2, 0.25) is 0 Å². The topological polar surface area (TPSA) is 78.7 Å². The van der Waals surface area contributed by atoms with Crippen LogP contribution in [0.15, 0.2) is 18.2 Å². The first kappa shape index (κ1) is 13.7. The summed E-state index contributed by atoms with van der Waals surface area (Å²) in [6.07, 6.45) is -5.01. The minimum atomic E-state index is -5.01. The second kappa shape index (κ2) is 4.90. The lowest BCUT2D eigenvalue weighted by Gasteiger charge is -2.11. The first-order valence-electron chi connectivity index (χ1n) is 4.37. The van der Waals surface area contributed by atoms with Crippen molar-refractivity contribution >= 4 is 11.7 Å². The number of alkyl halides is 3. The van der Waals surface area contributed by atoms with Gasteiger partial charge in [-0.2, -0.15) is 0 Å². The summed E-state index contributed by atoms with van der Waals surface area (Å²) in [5.74, 6) is -2.03. The van der Waals surface area contributed by atoms with Crippen molar-refractivity contribution in [3.8, 4) is 5.75 Å². The Morgan fingerprint density at radius 3 is 2.44 bits per heavy atom. The van der Waals surface area contributed by atoms with Gasteiger partial charge in [-0.15, -0.1) is 13.2 Å². The first-order chi connectivity index (χ1) is 8.24. The highest BCUT2D eigenvalue weighted by Crippen LogP contribution is 2.29. The summed E-state index contributed by atoms with van der Waals surface area (Å²) in [5, 5.41) is 10.5. The Kier molecular flexibility index (Phi) is 3.74. The van der Waals surface area contributed by atoms with E-state index in [4.69, 9.17) is 0 Å². The van der Waals surface area contributed by atoms with E-state index in [1.54, 1.807) is 0 Å². The van der Waals surface area contributed by atoms with Crippen molar-refractivity contribution in [1.29, 1.82) is 0 Å². The van der Waals surface area contributed by atoms with Gasteiger partial charge < -0.3 is 9.47 Å². The number of ether oxygens (including phenoxy) is 2. The molecule has 0 aliphatic rings. The van der Waals surface area contributed by atoms with Gasteiger partial charge in [0.25, 0.3) is 5.69 Å². The minimum absolute atomic E-state index is 0.551. The maximum absolute atomic E-state index is 12.0. The molecule has 0 fully saturated rings. The third-order valence-electron chi connectivity index (χ3n) is 1.80. The Hall–Kier alpha value is -2.32. The van der Waals surface area contributed by atoms with Crippen molar-refractivity contribution in [2.45, 2.75) is 6.36 Å². The van der Waals surface area contributed by atoms with Gasteiger partial charge in [0.05, 0.1) is 12.0 Å². The Labute approximate surface area is 98.1 Å². The van der Waals surface area contributed by atoms with Gasteiger partial charge in [-0.05, 0) is 6.07 Å². The van der Waals surface area contributed by atoms with Gasteiger partial charge in [-0.1, -0.05) is 0 Å². The molecule has 0 saturated heterocycles.